The van der Waals surface area contributed by atoms with Crippen LogP contribution in [-0.4, -0.2) is 66.6 Å². The summed E-state index contributed by atoms with van der Waals surface area (Å²) in [6.45, 7) is 0.649. The number of sulfonamides is 1. The molecule has 0 aliphatic carbocycles. The number of carboxylic acid groups (broad SMARTS) is 1. The van der Waals surface area contributed by atoms with Gasteiger partial charge in [0, 0.05) is 43.6 Å². The second kappa shape index (κ2) is 10.4. The van der Waals surface area contributed by atoms with E-state index in [1.807, 2.05) is 18.2 Å². The van der Waals surface area contributed by atoms with Crippen molar-refractivity contribution in [2.75, 3.05) is 26.2 Å². The summed E-state index contributed by atoms with van der Waals surface area (Å²) in [6.07, 6.45) is 1.29. The van der Waals surface area contributed by atoms with Gasteiger partial charge >= 0.3 is 5.97 Å². The van der Waals surface area contributed by atoms with Crippen molar-refractivity contribution in [2.24, 2.45) is 5.73 Å². The van der Waals surface area contributed by atoms with E-state index in [4.69, 9.17) is 11.1 Å². The van der Waals surface area contributed by atoms with Crippen molar-refractivity contribution in [3.8, 4) is 0 Å². The van der Waals surface area contributed by atoms with Crippen molar-refractivity contribution < 1.29 is 23.1 Å². The lowest BCUT2D eigenvalue weighted by atomic mass is 9.94. The van der Waals surface area contributed by atoms with Gasteiger partial charge < -0.3 is 15.7 Å². The first-order valence-corrected chi connectivity index (χ1v) is 11.9. The van der Waals surface area contributed by atoms with Gasteiger partial charge in [0.05, 0.1) is 5.92 Å². The molecule has 4 N–H and O–H groups in total. The summed E-state index contributed by atoms with van der Waals surface area (Å²) in [5, 5.41) is 18.2. The van der Waals surface area contributed by atoms with Gasteiger partial charge in [0.2, 0.25) is 15.9 Å². The molecule has 2 aromatic carbocycles. The third kappa shape index (κ3) is 6.27. The summed E-state index contributed by atoms with van der Waals surface area (Å²) in [6, 6.07) is 15.3. The second-order valence-electron chi connectivity index (χ2n) is 7.67. The highest BCUT2D eigenvalue weighted by atomic mass is 32.2. The Kier molecular flexibility index (Phi) is 7.62. The van der Waals surface area contributed by atoms with Gasteiger partial charge in [-0.15, -0.1) is 0 Å². The van der Waals surface area contributed by atoms with Gasteiger partial charge in [0.15, 0.2) is 0 Å². The number of piperazine rings is 1. The number of nitrogen functional groups attached to an aromatic ring is 1. The molecule has 1 heterocycles. The monoisotopic (exact) mass is 470 g/mol. The average Bonchev–Trinajstić information content (AvgIpc) is 2.82. The summed E-state index contributed by atoms with van der Waals surface area (Å²) in [5.41, 5.74) is 7.10. The number of carbonyl (C=O) groups excluding carboxylic acids is 1. The van der Waals surface area contributed by atoms with Crippen LogP contribution in [0, 0.1) is 5.41 Å². The number of carboxylic acids is 1. The van der Waals surface area contributed by atoms with Crippen LogP contribution in [0.2, 0.25) is 0 Å². The van der Waals surface area contributed by atoms with Crippen molar-refractivity contribution in [3.63, 3.8) is 0 Å². The zero-order valence-electron chi connectivity index (χ0n) is 17.9. The van der Waals surface area contributed by atoms with Gasteiger partial charge in [0.1, 0.15) is 5.84 Å². The maximum Gasteiger partial charge on any atom is 0.311 e. The highest BCUT2D eigenvalue weighted by Gasteiger charge is 2.30. The SMILES string of the molecule is N=C(N)c1ccc(C(CC(=O)N2CCN(S(=O)(=O)/C=C/c3ccccc3)CC2)C(=O)O)cc1. The minimum Gasteiger partial charge on any atom is -0.481 e. The third-order valence-electron chi connectivity index (χ3n) is 5.48. The van der Waals surface area contributed by atoms with E-state index in [0.717, 1.165) is 11.0 Å². The predicted octanol–water partition coefficient (Wildman–Crippen LogP) is 1.67. The highest BCUT2D eigenvalue weighted by molar-refractivity contribution is 7.92. The molecule has 1 aliphatic heterocycles. The topological polar surface area (TPSA) is 145 Å². The third-order valence-corrected chi connectivity index (χ3v) is 7.05. The van der Waals surface area contributed by atoms with Crippen LogP contribution in [-0.2, 0) is 19.6 Å². The fourth-order valence-corrected chi connectivity index (χ4v) is 4.73. The largest absolute Gasteiger partial charge is 0.481 e. The minimum atomic E-state index is -3.63. The van der Waals surface area contributed by atoms with Crippen LogP contribution >= 0.6 is 0 Å². The molecular formula is C23H26N4O5S. The van der Waals surface area contributed by atoms with E-state index < -0.39 is 21.9 Å². The molecule has 1 atom stereocenters. The van der Waals surface area contributed by atoms with Crippen LogP contribution in [0.5, 0.6) is 0 Å². The Morgan fingerprint density at radius 3 is 2.18 bits per heavy atom. The highest BCUT2D eigenvalue weighted by Crippen LogP contribution is 2.23. The van der Waals surface area contributed by atoms with Crippen LogP contribution in [0.1, 0.15) is 29.0 Å². The van der Waals surface area contributed by atoms with E-state index >= 15 is 0 Å². The molecule has 10 heteroatoms. The number of hydrogen-bond acceptors (Lipinski definition) is 5. The van der Waals surface area contributed by atoms with E-state index in [9.17, 15) is 23.1 Å². The molecule has 1 saturated heterocycles. The van der Waals surface area contributed by atoms with E-state index in [1.54, 1.807) is 36.4 Å². The standard InChI is InChI=1S/C23H26N4O5S/c24-22(25)19-8-6-18(7-9-19)20(23(29)30)16-21(28)26-11-13-27(14-12-26)33(31,32)15-10-17-4-2-1-3-5-17/h1-10,15,20H,11-14,16H2,(H3,24,25)(H,29,30)/b15-10+. The first-order chi connectivity index (χ1) is 15.7. The molecule has 0 bridgehead atoms. The van der Waals surface area contributed by atoms with Crippen molar-refractivity contribution in [1.82, 2.24) is 9.21 Å². The lowest BCUT2D eigenvalue weighted by molar-refractivity contribution is -0.143. The van der Waals surface area contributed by atoms with Gasteiger partial charge in [0.25, 0.3) is 0 Å². The van der Waals surface area contributed by atoms with Gasteiger partial charge in [-0.25, -0.2) is 8.42 Å². The molecule has 1 unspecified atom stereocenters. The number of nitrogens with one attached hydrogen (secondary N) is 1. The Bertz CT molecular complexity index is 1140. The number of hydrogen-bond donors (Lipinski definition) is 3. The summed E-state index contributed by atoms with van der Waals surface area (Å²) in [7, 11) is -3.63. The number of benzene rings is 2. The van der Waals surface area contributed by atoms with Crippen molar-refractivity contribution in [3.05, 3.63) is 76.7 Å². The molecule has 0 saturated carbocycles. The molecule has 2 aromatic rings. The Hall–Kier alpha value is -3.50. The minimum absolute atomic E-state index is 0.129. The maximum absolute atomic E-state index is 12.8. The van der Waals surface area contributed by atoms with Crippen LogP contribution in [0.3, 0.4) is 0 Å². The van der Waals surface area contributed by atoms with E-state index in [0.29, 0.717) is 11.1 Å². The van der Waals surface area contributed by atoms with Crippen molar-refractivity contribution >= 4 is 33.8 Å². The molecule has 3 rings (SSSR count). The van der Waals surface area contributed by atoms with Crippen LogP contribution in [0.15, 0.2) is 60.0 Å². The molecule has 174 valence electrons. The van der Waals surface area contributed by atoms with Crippen molar-refractivity contribution in [1.29, 1.82) is 5.41 Å². The van der Waals surface area contributed by atoms with Crippen LogP contribution in [0.4, 0.5) is 0 Å². The molecule has 9 nitrogen and oxygen atoms in total. The number of nitrogens with zero attached hydrogens (tertiary/aromatic N) is 2. The summed E-state index contributed by atoms with van der Waals surface area (Å²) in [5.74, 6) is -2.66. The van der Waals surface area contributed by atoms with Gasteiger partial charge in [-0.2, -0.15) is 4.31 Å². The van der Waals surface area contributed by atoms with Gasteiger partial charge in [-0.05, 0) is 17.2 Å². The number of rotatable bonds is 8. The number of amidine groups is 1. The van der Waals surface area contributed by atoms with Crippen molar-refractivity contribution in [2.45, 2.75) is 12.3 Å². The fraction of sp³-hybridized carbons (Fsp3) is 0.261. The maximum atomic E-state index is 12.8. The lowest BCUT2D eigenvalue weighted by Crippen LogP contribution is -2.50. The summed E-state index contributed by atoms with van der Waals surface area (Å²) in [4.78, 5) is 26.0. The molecule has 1 fully saturated rings. The average molecular weight is 471 g/mol. The van der Waals surface area contributed by atoms with Gasteiger partial charge in [-0.1, -0.05) is 54.6 Å². The Balaban J connectivity index is 1.60. The van der Waals surface area contributed by atoms with E-state index in [-0.39, 0.29) is 44.3 Å². The smallest absolute Gasteiger partial charge is 0.311 e. The first kappa shape index (κ1) is 24.1. The molecule has 0 aromatic heterocycles. The molecule has 1 aliphatic rings. The fourth-order valence-electron chi connectivity index (χ4n) is 3.55. The van der Waals surface area contributed by atoms with Crippen LogP contribution in [0.25, 0.3) is 6.08 Å². The number of amides is 1. The molecule has 1 amide bonds. The quantitative estimate of drug-likeness (QED) is 0.395. The Labute approximate surface area is 192 Å². The Morgan fingerprint density at radius 1 is 1.03 bits per heavy atom. The normalized spacial score (nSPS) is 15.9. The van der Waals surface area contributed by atoms with Crippen LogP contribution < -0.4 is 5.73 Å². The zero-order valence-corrected chi connectivity index (χ0v) is 18.7. The number of carbonyl (C=O) groups is 2. The second-order valence-corrected chi connectivity index (χ2v) is 9.49. The molecular weight excluding hydrogens is 444 g/mol. The number of nitrogens with two attached hydrogens (primary N) is 1. The van der Waals surface area contributed by atoms with E-state index in [1.165, 1.54) is 15.3 Å². The number of aliphatic carboxylic acids is 1. The summed E-state index contributed by atoms with van der Waals surface area (Å²) < 4.78 is 26.5. The lowest BCUT2D eigenvalue weighted by Gasteiger charge is -2.34. The first-order valence-electron chi connectivity index (χ1n) is 10.4. The molecule has 0 spiro atoms. The zero-order chi connectivity index (χ0) is 24.0. The van der Waals surface area contributed by atoms with Gasteiger partial charge in [-0.3, -0.25) is 15.0 Å². The summed E-state index contributed by atoms with van der Waals surface area (Å²) >= 11 is 0. The molecule has 33 heavy (non-hydrogen) atoms. The van der Waals surface area contributed by atoms with E-state index in [2.05, 4.69) is 0 Å². The Morgan fingerprint density at radius 2 is 1.64 bits per heavy atom. The predicted molar refractivity (Wildman–Crippen MR) is 125 cm³/mol. The molecule has 0 radical (unpaired) electrons.